The number of likely N-dealkylation sites (tertiary alicyclic amines) is 1. The summed E-state index contributed by atoms with van der Waals surface area (Å²) in [5.41, 5.74) is -0.00346. The summed E-state index contributed by atoms with van der Waals surface area (Å²) in [7, 11) is 0. The summed E-state index contributed by atoms with van der Waals surface area (Å²) in [6, 6.07) is 2.13. The molecule has 0 bridgehead atoms. The first-order valence-electron chi connectivity index (χ1n) is 8.01. The zero-order valence-corrected chi connectivity index (χ0v) is 14.5. The second-order valence-corrected chi connectivity index (χ2v) is 7.07. The highest BCUT2D eigenvalue weighted by molar-refractivity contribution is 9.10. The monoisotopic (exact) mass is 384 g/mol. The van der Waals surface area contributed by atoms with Gasteiger partial charge in [-0.15, -0.1) is 0 Å². The molecule has 0 spiro atoms. The summed E-state index contributed by atoms with van der Waals surface area (Å²) in [5, 5.41) is 20.3. The lowest BCUT2D eigenvalue weighted by atomic mass is 10.2. The van der Waals surface area contributed by atoms with Gasteiger partial charge in [0.1, 0.15) is 12.0 Å². The van der Waals surface area contributed by atoms with Gasteiger partial charge in [-0.25, -0.2) is 4.98 Å². The third-order valence-corrected chi connectivity index (χ3v) is 5.41. The number of nitro groups is 1. The van der Waals surface area contributed by atoms with Crippen molar-refractivity contribution >= 4 is 27.4 Å². The Morgan fingerprint density at radius 3 is 2.78 bits per heavy atom. The Morgan fingerprint density at radius 2 is 2.09 bits per heavy atom. The van der Waals surface area contributed by atoms with E-state index in [1.54, 1.807) is 0 Å². The minimum Gasteiger partial charge on any atom is -0.395 e. The van der Waals surface area contributed by atoms with Crippen molar-refractivity contribution in [3.63, 3.8) is 0 Å². The molecule has 2 aliphatic rings. The van der Waals surface area contributed by atoms with E-state index in [1.165, 1.54) is 12.3 Å². The van der Waals surface area contributed by atoms with E-state index in [0.29, 0.717) is 10.5 Å². The number of halogens is 1. The Bertz CT molecular complexity index is 586. The molecule has 7 nitrogen and oxygen atoms in total. The lowest BCUT2D eigenvalue weighted by Crippen LogP contribution is -2.43. The number of aliphatic hydroxyl groups excluding tert-OH is 1. The molecule has 0 aromatic carbocycles. The minimum absolute atomic E-state index is 0.00346. The van der Waals surface area contributed by atoms with Crippen LogP contribution in [0.4, 0.5) is 11.5 Å². The van der Waals surface area contributed by atoms with E-state index in [2.05, 4.69) is 30.7 Å². The highest BCUT2D eigenvalue weighted by Gasteiger charge is 2.32. The molecule has 1 N–H and O–H groups in total. The quantitative estimate of drug-likeness (QED) is 0.618. The van der Waals surface area contributed by atoms with Crippen LogP contribution in [0.25, 0.3) is 0 Å². The lowest BCUT2D eigenvalue weighted by Gasteiger charge is -2.32. The molecule has 3 rings (SSSR count). The molecule has 1 aromatic heterocycles. The molecule has 3 heterocycles. The van der Waals surface area contributed by atoms with Crippen molar-refractivity contribution < 1.29 is 10.0 Å². The molecule has 126 valence electrons. The topological polar surface area (TPSA) is 82.7 Å². The van der Waals surface area contributed by atoms with Crippen molar-refractivity contribution in [3.05, 3.63) is 26.9 Å². The molecular weight excluding hydrogens is 364 g/mol. The van der Waals surface area contributed by atoms with Crippen molar-refractivity contribution in [1.82, 2.24) is 9.88 Å². The van der Waals surface area contributed by atoms with Crippen molar-refractivity contribution in [2.24, 2.45) is 0 Å². The summed E-state index contributed by atoms with van der Waals surface area (Å²) in [6.07, 6.45) is 5.69. The Balaban J connectivity index is 1.75. The molecule has 1 aromatic rings. The fourth-order valence-corrected chi connectivity index (χ4v) is 4.21. The highest BCUT2D eigenvalue weighted by Crippen LogP contribution is 2.33. The summed E-state index contributed by atoms with van der Waals surface area (Å²) >= 11 is 3.43. The smallest absolute Gasteiger partial charge is 0.288 e. The number of anilines is 1. The van der Waals surface area contributed by atoms with Crippen LogP contribution in [0.2, 0.25) is 0 Å². The Kier molecular flexibility index (Phi) is 5.13. The second kappa shape index (κ2) is 7.11. The van der Waals surface area contributed by atoms with E-state index < -0.39 is 4.92 Å². The van der Waals surface area contributed by atoms with Gasteiger partial charge in [0.25, 0.3) is 5.69 Å². The minimum atomic E-state index is -0.431. The van der Waals surface area contributed by atoms with Gasteiger partial charge in [-0.05, 0) is 48.2 Å². The number of nitrogens with zero attached hydrogens (tertiary/aromatic N) is 4. The van der Waals surface area contributed by atoms with E-state index >= 15 is 0 Å². The van der Waals surface area contributed by atoms with Crippen LogP contribution >= 0.6 is 15.9 Å². The normalized spacial score (nSPS) is 25.2. The highest BCUT2D eigenvalue weighted by atomic mass is 79.9. The van der Waals surface area contributed by atoms with Crippen LogP contribution in [0.1, 0.15) is 25.7 Å². The zero-order chi connectivity index (χ0) is 16.4. The number of hydrogen-bond acceptors (Lipinski definition) is 6. The van der Waals surface area contributed by atoms with Crippen LogP contribution in [0, 0.1) is 10.1 Å². The van der Waals surface area contributed by atoms with Crippen LogP contribution < -0.4 is 4.90 Å². The van der Waals surface area contributed by atoms with Crippen LogP contribution in [0.5, 0.6) is 0 Å². The van der Waals surface area contributed by atoms with Gasteiger partial charge >= 0.3 is 0 Å². The van der Waals surface area contributed by atoms with Gasteiger partial charge in [0, 0.05) is 31.2 Å². The maximum absolute atomic E-state index is 10.9. The van der Waals surface area contributed by atoms with Gasteiger partial charge in [0.05, 0.1) is 16.0 Å². The SMILES string of the molecule is O=[N+]([O-])c1cnc(N2CCCC2CN2CCCC2CO)c(Br)c1. The average molecular weight is 385 g/mol. The first-order valence-corrected chi connectivity index (χ1v) is 8.81. The van der Waals surface area contributed by atoms with E-state index in [0.717, 1.165) is 51.1 Å². The largest absolute Gasteiger partial charge is 0.395 e. The molecule has 0 aliphatic carbocycles. The van der Waals surface area contributed by atoms with E-state index in [4.69, 9.17) is 0 Å². The summed E-state index contributed by atoms with van der Waals surface area (Å²) in [5.74, 6) is 0.776. The van der Waals surface area contributed by atoms with Crippen LogP contribution in [-0.4, -0.2) is 58.2 Å². The standard InChI is InChI=1S/C15H21BrN4O3/c16-14-7-13(20(22)23)8-17-15(14)19-6-2-3-11(19)9-18-5-1-4-12(18)10-21/h7-8,11-12,21H,1-6,9-10H2. The fourth-order valence-electron chi connectivity index (χ4n) is 3.65. The Morgan fingerprint density at radius 1 is 1.35 bits per heavy atom. The molecule has 2 unspecified atom stereocenters. The van der Waals surface area contributed by atoms with Crippen molar-refractivity contribution in [3.8, 4) is 0 Å². The average Bonchev–Trinajstić information content (AvgIpc) is 3.16. The number of aromatic nitrogens is 1. The molecule has 0 radical (unpaired) electrons. The molecule has 2 atom stereocenters. The maximum Gasteiger partial charge on any atom is 0.288 e. The third-order valence-electron chi connectivity index (χ3n) is 4.82. The summed E-state index contributed by atoms with van der Waals surface area (Å²) in [4.78, 5) is 19.3. The second-order valence-electron chi connectivity index (χ2n) is 6.22. The van der Waals surface area contributed by atoms with Crippen molar-refractivity contribution in [2.75, 3.05) is 31.1 Å². The van der Waals surface area contributed by atoms with E-state index in [-0.39, 0.29) is 18.3 Å². The van der Waals surface area contributed by atoms with E-state index in [9.17, 15) is 15.2 Å². The number of rotatable bonds is 5. The Labute approximate surface area is 143 Å². The predicted octanol–water partition coefficient (Wildman–Crippen LogP) is 2.18. The fraction of sp³-hybridized carbons (Fsp3) is 0.667. The number of hydrogen-bond donors (Lipinski definition) is 1. The molecule has 8 heteroatoms. The van der Waals surface area contributed by atoms with Gasteiger partial charge in [-0.3, -0.25) is 15.0 Å². The molecule has 23 heavy (non-hydrogen) atoms. The summed E-state index contributed by atoms with van der Waals surface area (Å²) in [6.45, 7) is 3.07. The van der Waals surface area contributed by atoms with Crippen LogP contribution in [0.15, 0.2) is 16.7 Å². The van der Waals surface area contributed by atoms with Gasteiger partial charge in [0.15, 0.2) is 0 Å². The lowest BCUT2D eigenvalue weighted by molar-refractivity contribution is -0.385. The first kappa shape index (κ1) is 16.6. The maximum atomic E-state index is 10.9. The van der Waals surface area contributed by atoms with Crippen molar-refractivity contribution in [1.29, 1.82) is 0 Å². The number of pyridine rings is 1. The van der Waals surface area contributed by atoms with E-state index in [1.807, 2.05) is 0 Å². The molecule has 0 saturated carbocycles. The molecule has 0 amide bonds. The van der Waals surface area contributed by atoms with Crippen LogP contribution in [-0.2, 0) is 0 Å². The van der Waals surface area contributed by atoms with Gasteiger partial charge in [0.2, 0.25) is 0 Å². The van der Waals surface area contributed by atoms with Gasteiger partial charge < -0.3 is 10.0 Å². The van der Waals surface area contributed by atoms with Crippen LogP contribution in [0.3, 0.4) is 0 Å². The molecule has 2 fully saturated rings. The van der Waals surface area contributed by atoms with Crippen molar-refractivity contribution in [2.45, 2.75) is 37.8 Å². The zero-order valence-electron chi connectivity index (χ0n) is 12.9. The first-order chi connectivity index (χ1) is 11.1. The van der Waals surface area contributed by atoms with Gasteiger partial charge in [-0.2, -0.15) is 0 Å². The van der Waals surface area contributed by atoms with Gasteiger partial charge in [-0.1, -0.05) is 0 Å². The molecule has 2 aliphatic heterocycles. The molecule has 2 saturated heterocycles. The number of aliphatic hydroxyl groups is 1. The predicted molar refractivity (Wildman–Crippen MR) is 90.6 cm³/mol. The molecular formula is C15H21BrN4O3. The third kappa shape index (κ3) is 3.49. The Hall–Kier alpha value is -1.25. The summed E-state index contributed by atoms with van der Waals surface area (Å²) < 4.78 is 0.665.